The summed E-state index contributed by atoms with van der Waals surface area (Å²) in [5, 5.41) is 0. The second-order valence-electron chi connectivity index (χ2n) is 7.11. The lowest BCUT2D eigenvalue weighted by Gasteiger charge is -2.37. The zero-order valence-electron chi connectivity index (χ0n) is 14.7. The zero-order valence-corrected chi connectivity index (χ0v) is 15.5. The van der Waals surface area contributed by atoms with Crippen molar-refractivity contribution >= 4 is 23.1 Å². The molecular weight excluding hydrogens is 312 g/mol. The first kappa shape index (κ1) is 16.0. The molecule has 0 N–H and O–H groups in total. The van der Waals surface area contributed by atoms with Crippen LogP contribution in [0.25, 0.3) is 0 Å². The summed E-state index contributed by atoms with van der Waals surface area (Å²) in [6.45, 7) is 4.55. The number of hydrogen-bond acceptors (Lipinski definition) is 3. The molecule has 24 heavy (non-hydrogen) atoms. The van der Waals surface area contributed by atoms with E-state index in [0.717, 1.165) is 12.6 Å². The maximum atomic E-state index is 2.56. The van der Waals surface area contributed by atoms with Crippen molar-refractivity contribution in [2.45, 2.75) is 48.4 Å². The van der Waals surface area contributed by atoms with Gasteiger partial charge in [-0.05, 0) is 69.6 Å². The second-order valence-corrected chi connectivity index (χ2v) is 8.20. The molecule has 2 aliphatic heterocycles. The molecule has 3 heteroatoms. The van der Waals surface area contributed by atoms with Crippen LogP contribution < -0.4 is 4.90 Å². The molecule has 0 bridgehead atoms. The van der Waals surface area contributed by atoms with Crippen molar-refractivity contribution in [3.63, 3.8) is 0 Å². The van der Waals surface area contributed by atoms with Crippen molar-refractivity contribution in [2.75, 3.05) is 25.0 Å². The number of anilines is 2. The second kappa shape index (κ2) is 6.81. The third kappa shape index (κ3) is 3.07. The summed E-state index contributed by atoms with van der Waals surface area (Å²) < 4.78 is 0. The number of para-hydroxylation sites is 1. The molecule has 2 heterocycles. The number of benzene rings is 2. The highest BCUT2D eigenvalue weighted by Gasteiger charge is 2.25. The van der Waals surface area contributed by atoms with Gasteiger partial charge < -0.3 is 9.80 Å². The molecule has 0 spiro atoms. The standard InChI is InChI=1S/C21H26N2S/c1-16-10-11-21-19(15-16)23(18-8-3-4-9-20(18)24-21)14-12-17-7-5-6-13-22(17)2/h3-4,8-11,15,17H,5-7,12-14H2,1-2H3. The third-order valence-electron chi connectivity index (χ3n) is 5.39. The van der Waals surface area contributed by atoms with Gasteiger partial charge in [-0.2, -0.15) is 0 Å². The largest absolute Gasteiger partial charge is 0.340 e. The first-order chi connectivity index (χ1) is 11.7. The first-order valence-electron chi connectivity index (χ1n) is 9.08. The number of fused-ring (bicyclic) bond motifs is 2. The lowest BCUT2D eigenvalue weighted by atomic mass is 9.99. The summed E-state index contributed by atoms with van der Waals surface area (Å²) in [5.41, 5.74) is 4.10. The summed E-state index contributed by atoms with van der Waals surface area (Å²) in [6, 6.07) is 16.4. The fraction of sp³-hybridized carbons (Fsp3) is 0.429. The summed E-state index contributed by atoms with van der Waals surface area (Å²) in [5.74, 6) is 0. The van der Waals surface area contributed by atoms with E-state index in [1.807, 2.05) is 11.8 Å². The first-order valence-corrected chi connectivity index (χ1v) is 9.89. The van der Waals surface area contributed by atoms with Crippen LogP contribution in [0.5, 0.6) is 0 Å². The Kier molecular flexibility index (Phi) is 4.55. The van der Waals surface area contributed by atoms with E-state index in [0.29, 0.717) is 0 Å². The molecule has 0 saturated carbocycles. The molecule has 0 aromatic heterocycles. The highest BCUT2D eigenvalue weighted by molar-refractivity contribution is 7.99. The van der Waals surface area contributed by atoms with E-state index in [2.05, 4.69) is 66.2 Å². The average Bonchev–Trinajstić information content (AvgIpc) is 2.60. The molecule has 2 nitrogen and oxygen atoms in total. The Morgan fingerprint density at radius 2 is 1.88 bits per heavy atom. The quantitative estimate of drug-likeness (QED) is 0.732. The van der Waals surface area contributed by atoms with Gasteiger partial charge in [-0.3, -0.25) is 0 Å². The molecule has 4 rings (SSSR count). The van der Waals surface area contributed by atoms with E-state index >= 15 is 0 Å². The van der Waals surface area contributed by atoms with Crippen molar-refractivity contribution in [2.24, 2.45) is 0 Å². The highest BCUT2D eigenvalue weighted by atomic mass is 32.2. The van der Waals surface area contributed by atoms with Gasteiger partial charge in [0, 0.05) is 22.4 Å². The van der Waals surface area contributed by atoms with Crippen LogP contribution in [-0.2, 0) is 0 Å². The molecule has 1 saturated heterocycles. The average molecular weight is 339 g/mol. The van der Waals surface area contributed by atoms with Crippen LogP contribution in [0.15, 0.2) is 52.3 Å². The van der Waals surface area contributed by atoms with E-state index in [-0.39, 0.29) is 0 Å². The summed E-state index contributed by atoms with van der Waals surface area (Å²) in [7, 11) is 2.29. The van der Waals surface area contributed by atoms with Gasteiger partial charge in [0.2, 0.25) is 0 Å². The van der Waals surface area contributed by atoms with Gasteiger partial charge in [0.1, 0.15) is 0 Å². The van der Waals surface area contributed by atoms with E-state index in [1.165, 1.54) is 59.0 Å². The Morgan fingerprint density at radius 1 is 1.04 bits per heavy atom. The van der Waals surface area contributed by atoms with Gasteiger partial charge in [-0.25, -0.2) is 0 Å². The molecular formula is C21H26N2S. The summed E-state index contributed by atoms with van der Waals surface area (Å²) in [4.78, 5) is 7.88. The molecule has 1 unspecified atom stereocenters. The van der Waals surface area contributed by atoms with Gasteiger partial charge in [-0.1, -0.05) is 36.4 Å². The fourth-order valence-corrected chi connectivity index (χ4v) is 5.04. The lowest BCUT2D eigenvalue weighted by Crippen LogP contribution is -2.38. The monoisotopic (exact) mass is 338 g/mol. The van der Waals surface area contributed by atoms with Gasteiger partial charge in [-0.15, -0.1) is 0 Å². The molecule has 2 aromatic rings. The molecule has 2 aromatic carbocycles. The molecule has 0 aliphatic carbocycles. The fourth-order valence-electron chi connectivity index (χ4n) is 3.97. The van der Waals surface area contributed by atoms with Crippen molar-refractivity contribution in [1.29, 1.82) is 0 Å². The molecule has 0 radical (unpaired) electrons. The van der Waals surface area contributed by atoms with Crippen molar-refractivity contribution in [3.8, 4) is 0 Å². The Morgan fingerprint density at radius 3 is 2.75 bits per heavy atom. The lowest BCUT2D eigenvalue weighted by molar-refractivity contribution is 0.178. The predicted octanol–water partition coefficient (Wildman–Crippen LogP) is 5.47. The van der Waals surface area contributed by atoms with Crippen LogP contribution in [0.3, 0.4) is 0 Å². The van der Waals surface area contributed by atoms with Crippen LogP contribution in [-0.4, -0.2) is 31.1 Å². The smallest absolute Gasteiger partial charge is 0.0555 e. The van der Waals surface area contributed by atoms with E-state index in [1.54, 1.807) is 0 Å². The third-order valence-corrected chi connectivity index (χ3v) is 6.52. The molecule has 2 aliphatic rings. The Balaban J connectivity index is 1.62. The number of nitrogens with zero attached hydrogens (tertiary/aromatic N) is 2. The SMILES string of the molecule is Cc1ccc2c(c1)N(CCC1CCCCN1C)c1ccccc1S2. The number of hydrogen-bond donors (Lipinski definition) is 0. The van der Waals surface area contributed by atoms with Crippen LogP contribution in [0.1, 0.15) is 31.2 Å². The van der Waals surface area contributed by atoms with Crippen LogP contribution in [0, 0.1) is 6.92 Å². The van der Waals surface area contributed by atoms with Crippen LogP contribution in [0.2, 0.25) is 0 Å². The minimum Gasteiger partial charge on any atom is -0.340 e. The Labute approximate surface area is 149 Å². The maximum absolute atomic E-state index is 2.56. The van der Waals surface area contributed by atoms with Gasteiger partial charge in [0.25, 0.3) is 0 Å². The number of rotatable bonds is 3. The predicted molar refractivity (Wildman–Crippen MR) is 104 cm³/mol. The van der Waals surface area contributed by atoms with E-state index in [4.69, 9.17) is 0 Å². The van der Waals surface area contributed by atoms with Crippen molar-refractivity contribution in [1.82, 2.24) is 4.90 Å². The number of aryl methyl sites for hydroxylation is 1. The Hall–Kier alpha value is -1.45. The van der Waals surface area contributed by atoms with Crippen LogP contribution >= 0.6 is 11.8 Å². The molecule has 1 fully saturated rings. The summed E-state index contributed by atoms with van der Waals surface area (Å²) >= 11 is 1.90. The van der Waals surface area contributed by atoms with Gasteiger partial charge in [0.15, 0.2) is 0 Å². The van der Waals surface area contributed by atoms with Gasteiger partial charge >= 0.3 is 0 Å². The molecule has 1 atom stereocenters. The minimum absolute atomic E-state index is 0.730. The van der Waals surface area contributed by atoms with E-state index in [9.17, 15) is 0 Å². The van der Waals surface area contributed by atoms with Crippen LogP contribution in [0.4, 0.5) is 11.4 Å². The molecule has 0 amide bonds. The normalized spacial score (nSPS) is 20.6. The Bertz CT molecular complexity index is 728. The maximum Gasteiger partial charge on any atom is 0.0555 e. The number of likely N-dealkylation sites (tertiary alicyclic amines) is 1. The zero-order chi connectivity index (χ0) is 16.5. The van der Waals surface area contributed by atoms with Gasteiger partial charge in [0.05, 0.1) is 11.4 Å². The van der Waals surface area contributed by atoms with E-state index < -0.39 is 0 Å². The minimum atomic E-state index is 0.730. The topological polar surface area (TPSA) is 6.48 Å². The molecule has 126 valence electrons. The van der Waals surface area contributed by atoms with Crippen molar-refractivity contribution < 1.29 is 0 Å². The number of piperidine rings is 1. The van der Waals surface area contributed by atoms with Crippen molar-refractivity contribution in [3.05, 3.63) is 48.0 Å². The summed E-state index contributed by atoms with van der Waals surface area (Å²) in [6.07, 6.45) is 5.33. The highest BCUT2D eigenvalue weighted by Crippen LogP contribution is 2.48.